The summed E-state index contributed by atoms with van der Waals surface area (Å²) in [5.74, 6) is -1.04. The maximum Gasteiger partial charge on any atom is 0.308 e. The Bertz CT molecular complexity index is 479. The largest absolute Gasteiger partial charge is 0.481 e. The first-order chi connectivity index (χ1) is 8.75. The minimum Gasteiger partial charge on any atom is -0.481 e. The lowest BCUT2D eigenvalue weighted by molar-refractivity contribution is -0.141. The van der Waals surface area contributed by atoms with E-state index < -0.39 is 11.9 Å². The Morgan fingerprint density at radius 2 is 1.95 bits per heavy atom. The van der Waals surface area contributed by atoms with Crippen LogP contribution in [-0.4, -0.2) is 40.6 Å². The van der Waals surface area contributed by atoms with Crippen molar-refractivity contribution in [3.63, 3.8) is 0 Å². The van der Waals surface area contributed by atoms with E-state index in [1.165, 1.54) is 4.90 Å². The second-order valence-corrected chi connectivity index (χ2v) is 5.10. The number of hydrogen-bond donors (Lipinski definition) is 1. The third-order valence-corrected chi connectivity index (χ3v) is 3.00. The Balaban J connectivity index is 2.86. The lowest BCUT2D eigenvalue weighted by Gasteiger charge is -2.18. The van der Waals surface area contributed by atoms with Crippen molar-refractivity contribution in [2.75, 3.05) is 13.6 Å². The second kappa shape index (κ2) is 5.86. The number of amides is 1. The van der Waals surface area contributed by atoms with Crippen LogP contribution in [0.3, 0.4) is 0 Å². The Labute approximate surface area is 112 Å². The van der Waals surface area contributed by atoms with E-state index in [1.807, 2.05) is 13.8 Å². The zero-order valence-electron chi connectivity index (χ0n) is 11.9. The highest BCUT2D eigenvalue weighted by molar-refractivity contribution is 5.93. The van der Waals surface area contributed by atoms with E-state index in [1.54, 1.807) is 20.9 Å². The lowest BCUT2D eigenvalue weighted by atomic mass is 10.1. The number of carboxylic acid groups (broad SMARTS) is 1. The van der Waals surface area contributed by atoms with Crippen LogP contribution in [0.2, 0.25) is 0 Å². The van der Waals surface area contributed by atoms with Gasteiger partial charge in [-0.15, -0.1) is 0 Å². The first-order valence-corrected chi connectivity index (χ1v) is 6.20. The average Bonchev–Trinajstić information content (AvgIpc) is 2.69. The molecule has 0 aliphatic carbocycles. The SMILES string of the molecule is Cc1c(C(=O)N(C)CC(C)C(=O)O)noc1C(C)C. The molecule has 6 heteroatoms. The van der Waals surface area contributed by atoms with Gasteiger partial charge < -0.3 is 14.5 Å². The molecule has 1 atom stereocenters. The highest BCUT2D eigenvalue weighted by Gasteiger charge is 2.25. The lowest BCUT2D eigenvalue weighted by Crippen LogP contribution is -2.34. The number of hydrogen-bond acceptors (Lipinski definition) is 4. The van der Waals surface area contributed by atoms with Gasteiger partial charge in [0.05, 0.1) is 5.92 Å². The van der Waals surface area contributed by atoms with Gasteiger partial charge in [-0.25, -0.2) is 0 Å². The molecular formula is C13H20N2O4. The van der Waals surface area contributed by atoms with E-state index in [9.17, 15) is 9.59 Å². The van der Waals surface area contributed by atoms with E-state index in [4.69, 9.17) is 9.63 Å². The van der Waals surface area contributed by atoms with Gasteiger partial charge in [-0.3, -0.25) is 9.59 Å². The van der Waals surface area contributed by atoms with Crippen molar-refractivity contribution in [3.8, 4) is 0 Å². The Kier molecular flexibility index (Phi) is 4.69. The van der Waals surface area contributed by atoms with Crippen LogP contribution in [0.25, 0.3) is 0 Å². The summed E-state index contributed by atoms with van der Waals surface area (Å²) >= 11 is 0. The molecule has 0 fully saturated rings. The van der Waals surface area contributed by atoms with E-state index in [2.05, 4.69) is 5.16 Å². The van der Waals surface area contributed by atoms with Gasteiger partial charge in [-0.2, -0.15) is 0 Å². The van der Waals surface area contributed by atoms with Crippen molar-refractivity contribution < 1.29 is 19.2 Å². The molecule has 0 aromatic carbocycles. The minimum atomic E-state index is -0.931. The zero-order valence-corrected chi connectivity index (χ0v) is 11.9. The molecule has 1 aromatic heterocycles. The number of rotatable bonds is 5. The molecule has 1 N–H and O–H groups in total. The fourth-order valence-corrected chi connectivity index (χ4v) is 1.84. The van der Waals surface area contributed by atoms with Gasteiger partial charge in [0.1, 0.15) is 5.76 Å². The van der Waals surface area contributed by atoms with Crippen molar-refractivity contribution >= 4 is 11.9 Å². The van der Waals surface area contributed by atoms with Crippen LogP contribution in [0.5, 0.6) is 0 Å². The third kappa shape index (κ3) is 3.33. The summed E-state index contributed by atoms with van der Waals surface area (Å²) in [7, 11) is 1.56. The maximum atomic E-state index is 12.2. The fraction of sp³-hybridized carbons (Fsp3) is 0.615. The molecule has 0 saturated heterocycles. The predicted molar refractivity (Wildman–Crippen MR) is 69.1 cm³/mol. The van der Waals surface area contributed by atoms with Gasteiger partial charge in [-0.05, 0) is 6.92 Å². The zero-order chi connectivity index (χ0) is 14.7. The standard InChI is InChI=1S/C13H20N2O4/c1-7(2)11-9(4)10(14-19-11)12(16)15(5)6-8(3)13(17)18/h7-8H,6H2,1-5H3,(H,17,18). The topological polar surface area (TPSA) is 83.6 Å². The quantitative estimate of drug-likeness (QED) is 0.881. The van der Waals surface area contributed by atoms with Gasteiger partial charge in [0.25, 0.3) is 5.91 Å². The van der Waals surface area contributed by atoms with Crippen LogP contribution >= 0.6 is 0 Å². The maximum absolute atomic E-state index is 12.2. The first kappa shape index (κ1) is 15.2. The van der Waals surface area contributed by atoms with Crippen LogP contribution in [0.15, 0.2) is 4.52 Å². The minimum absolute atomic E-state index is 0.136. The molecule has 1 heterocycles. The smallest absolute Gasteiger partial charge is 0.308 e. The van der Waals surface area contributed by atoms with E-state index in [0.29, 0.717) is 5.76 Å². The van der Waals surface area contributed by atoms with Crippen LogP contribution in [0.1, 0.15) is 48.5 Å². The molecule has 106 valence electrons. The molecule has 0 bridgehead atoms. The number of carbonyl (C=O) groups excluding carboxylic acids is 1. The summed E-state index contributed by atoms with van der Waals surface area (Å²) in [4.78, 5) is 24.3. The van der Waals surface area contributed by atoms with E-state index in [0.717, 1.165) is 5.56 Å². The van der Waals surface area contributed by atoms with Gasteiger partial charge >= 0.3 is 5.97 Å². The van der Waals surface area contributed by atoms with Crippen molar-refractivity contribution in [1.29, 1.82) is 0 Å². The number of carbonyl (C=O) groups is 2. The monoisotopic (exact) mass is 268 g/mol. The van der Waals surface area contributed by atoms with E-state index in [-0.39, 0.29) is 24.1 Å². The highest BCUT2D eigenvalue weighted by Crippen LogP contribution is 2.22. The van der Waals surface area contributed by atoms with Gasteiger partial charge in [0.15, 0.2) is 5.69 Å². The molecule has 0 aliphatic heterocycles. The summed E-state index contributed by atoms with van der Waals surface area (Å²) in [5, 5.41) is 12.6. The summed E-state index contributed by atoms with van der Waals surface area (Å²) in [6.07, 6.45) is 0. The Morgan fingerprint density at radius 1 is 1.37 bits per heavy atom. The van der Waals surface area contributed by atoms with Crippen LogP contribution in [-0.2, 0) is 4.79 Å². The molecule has 6 nitrogen and oxygen atoms in total. The van der Waals surface area contributed by atoms with Crippen molar-refractivity contribution in [3.05, 3.63) is 17.0 Å². The number of aliphatic carboxylic acids is 1. The second-order valence-electron chi connectivity index (χ2n) is 5.10. The molecule has 0 radical (unpaired) electrons. The van der Waals surface area contributed by atoms with Gasteiger partial charge in [0, 0.05) is 25.1 Å². The number of aromatic nitrogens is 1. The molecule has 1 rings (SSSR count). The highest BCUT2D eigenvalue weighted by atomic mass is 16.5. The Morgan fingerprint density at radius 3 is 2.37 bits per heavy atom. The Hall–Kier alpha value is -1.85. The summed E-state index contributed by atoms with van der Waals surface area (Å²) < 4.78 is 5.17. The van der Waals surface area contributed by atoms with Gasteiger partial charge in [-0.1, -0.05) is 25.9 Å². The molecule has 1 unspecified atom stereocenters. The molecule has 1 amide bonds. The number of carboxylic acids is 1. The van der Waals surface area contributed by atoms with Crippen LogP contribution < -0.4 is 0 Å². The average molecular weight is 268 g/mol. The fourth-order valence-electron chi connectivity index (χ4n) is 1.84. The van der Waals surface area contributed by atoms with Crippen molar-refractivity contribution in [2.45, 2.75) is 33.6 Å². The summed E-state index contributed by atoms with van der Waals surface area (Å²) in [6.45, 7) is 7.39. The van der Waals surface area contributed by atoms with Gasteiger partial charge in [0.2, 0.25) is 0 Å². The molecule has 19 heavy (non-hydrogen) atoms. The predicted octanol–water partition coefficient (Wildman–Crippen LogP) is 1.90. The summed E-state index contributed by atoms with van der Waals surface area (Å²) in [5.41, 5.74) is 0.971. The molecule has 0 aliphatic rings. The van der Waals surface area contributed by atoms with E-state index >= 15 is 0 Å². The first-order valence-electron chi connectivity index (χ1n) is 6.20. The molecular weight excluding hydrogens is 248 g/mol. The van der Waals surface area contributed by atoms with Crippen LogP contribution in [0, 0.1) is 12.8 Å². The summed E-state index contributed by atoms with van der Waals surface area (Å²) in [6, 6.07) is 0. The molecule has 0 saturated carbocycles. The third-order valence-electron chi connectivity index (χ3n) is 3.00. The van der Waals surface area contributed by atoms with Crippen molar-refractivity contribution in [2.24, 2.45) is 5.92 Å². The van der Waals surface area contributed by atoms with Crippen molar-refractivity contribution in [1.82, 2.24) is 10.1 Å². The molecule has 1 aromatic rings. The van der Waals surface area contributed by atoms with Crippen LogP contribution in [0.4, 0.5) is 0 Å². The normalized spacial score (nSPS) is 12.5. The number of nitrogens with zero attached hydrogens (tertiary/aromatic N) is 2. The molecule has 0 spiro atoms.